The number of methoxy groups -OCH3 is 1. The zero-order valence-electron chi connectivity index (χ0n) is 15.0. The summed E-state index contributed by atoms with van der Waals surface area (Å²) in [6.07, 6.45) is 2.33. The van der Waals surface area contributed by atoms with E-state index in [1.54, 1.807) is 7.11 Å². The molecule has 6 nitrogen and oxygen atoms in total. The van der Waals surface area contributed by atoms with E-state index in [-0.39, 0.29) is 11.9 Å². The summed E-state index contributed by atoms with van der Waals surface area (Å²) in [6, 6.07) is 9.62. The van der Waals surface area contributed by atoms with Gasteiger partial charge in [-0.2, -0.15) is 0 Å². The van der Waals surface area contributed by atoms with Crippen LogP contribution >= 0.6 is 0 Å². The van der Waals surface area contributed by atoms with E-state index in [0.717, 1.165) is 48.0 Å². The van der Waals surface area contributed by atoms with Crippen LogP contribution in [0.25, 0.3) is 0 Å². The Kier molecular flexibility index (Phi) is 5.16. The van der Waals surface area contributed by atoms with Gasteiger partial charge in [0, 0.05) is 19.7 Å². The van der Waals surface area contributed by atoms with E-state index >= 15 is 0 Å². The summed E-state index contributed by atoms with van der Waals surface area (Å²) in [5.74, 6) is 2.44. The topological polar surface area (TPSA) is 67.4 Å². The number of benzene rings is 1. The molecule has 1 atom stereocenters. The SMILES string of the molecule is CNc1cc(C2CCCN2C(=O)Cc2ccc(OC)cc2)nc(C)n1. The van der Waals surface area contributed by atoms with E-state index in [0.29, 0.717) is 6.42 Å². The van der Waals surface area contributed by atoms with E-state index in [1.807, 2.05) is 49.2 Å². The molecule has 0 aliphatic carbocycles. The van der Waals surface area contributed by atoms with Crippen molar-refractivity contribution in [3.05, 3.63) is 47.4 Å². The summed E-state index contributed by atoms with van der Waals surface area (Å²) >= 11 is 0. The van der Waals surface area contributed by atoms with Crippen LogP contribution < -0.4 is 10.1 Å². The number of rotatable bonds is 5. The number of carbonyl (C=O) groups excluding carboxylic acids is 1. The predicted octanol–water partition coefficient (Wildman–Crippen LogP) is 2.74. The molecule has 0 saturated carbocycles. The second kappa shape index (κ2) is 7.51. The molecular formula is C19H24N4O2. The van der Waals surface area contributed by atoms with Gasteiger partial charge in [-0.05, 0) is 37.5 Å². The number of amides is 1. The first-order chi connectivity index (χ1) is 12.1. The molecule has 0 radical (unpaired) electrons. The molecule has 3 rings (SSSR count). The Balaban J connectivity index is 1.76. The third-order valence-corrected chi connectivity index (χ3v) is 4.54. The molecule has 1 aliphatic heterocycles. The fourth-order valence-corrected chi connectivity index (χ4v) is 3.28. The summed E-state index contributed by atoms with van der Waals surface area (Å²) in [5, 5.41) is 3.06. The Hall–Kier alpha value is -2.63. The average molecular weight is 340 g/mol. The lowest BCUT2D eigenvalue weighted by Crippen LogP contribution is -2.32. The Morgan fingerprint density at radius 1 is 1.32 bits per heavy atom. The molecule has 1 aromatic heterocycles. The fraction of sp³-hybridized carbons (Fsp3) is 0.421. The van der Waals surface area contributed by atoms with E-state index in [1.165, 1.54) is 0 Å². The van der Waals surface area contributed by atoms with Crippen LogP contribution in [0.5, 0.6) is 5.75 Å². The third-order valence-electron chi connectivity index (χ3n) is 4.54. The molecule has 2 aromatic rings. The number of likely N-dealkylation sites (tertiary alicyclic amines) is 1. The highest BCUT2D eigenvalue weighted by molar-refractivity contribution is 5.79. The van der Waals surface area contributed by atoms with Crippen LogP contribution in [-0.2, 0) is 11.2 Å². The molecule has 1 saturated heterocycles. The van der Waals surface area contributed by atoms with Crippen molar-refractivity contribution in [2.45, 2.75) is 32.2 Å². The maximum absolute atomic E-state index is 12.8. The number of nitrogens with one attached hydrogen (secondary N) is 1. The molecule has 1 amide bonds. The van der Waals surface area contributed by atoms with E-state index in [4.69, 9.17) is 4.74 Å². The van der Waals surface area contributed by atoms with Crippen molar-refractivity contribution >= 4 is 11.7 Å². The molecule has 0 bridgehead atoms. The highest BCUT2D eigenvalue weighted by atomic mass is 16.5. The van der Waals surface area contributed by atoms with Crippen molar-refractivity contribution in [3.63, 3.8) is 0 Å². The van der Waals surface area contributed by atoms with Crippen molar-refractivity contribution < 1.29 is 9.53 Å². The first kappa shape index (κ1) is 17.2. The first-order valence-corrected chi connectivity index (χ1v) is 8.56. The largest absolute Gasteiger partial charge is 0.497 e. The van der Waals surface area contributed by atoms with Crippen LogP contribution in [0.3, 0.4) is 0 Å². The van der Waals surface area contributed by atoms with Crippen LogP contribution in [0.2, 0.25) is 0 Å². The first-order valence-electron chi connectivity index (χ1n) is 8.56. The highest BCUT2D eigenvalue weighted by Crippen LogP contribution is 2.32. The smallest absolute Gasteiger partial charge is 0.227 e. The lowest BCUT2D eigenvalue weighted by molar-refractivity contribution is -0.131. The fourth-order valence-electron chi connectivity index (χ4n) is 3.28. The quantitative estimate of drug-likeness (QED) is 0.906. The van der Waals surface area contributed by atoms with Crippen molar-refractivity contribution in [3.8, 4) is 5.75 Å². The molecule has 6 heteroatoms. The van der Waals surface area contributed by atoms with Gasteiger partial charge in [0.25, 0.3) is 0 Å². The number of hydrogen-bond acceptors (Lipinski definition) is 5. The maximum Gasteiger partial charge on any atom is 0.227 e. The Labute approximate surface area is 148 Å². The van der Waals surface area contributed by atoms with E-state index in [9.17, 15) is 4.79 Å². The number of nitrogens with zero attached hydrogens (tertiary/aromatic N) is 3. The van der Waals surface area contributed by atoms with Gasteiger partial charge in [0.2, 0.25) is 5.91 Å². The molecular weight excluding hydrogens is 316 g/mol. The monoisotopic (exact) mass is 340 g/mol. The summed E-state index contributed by atoms with van der Waals surface area (Å²) in [7, 11) is 3.48. The normalized spacial score (nSPS) is 16.8. The number of hydrogen-bond donors (Lipinski definition) is 1. The summed E-state index contributed by atoms with van der Waals surface area (Å²) < 4.78 is 5.17. The molecule has 132 valence electrons. The number of aryl methyl sites for hydroxylation is 1. The summed E-state index contributed by atoms with van der Waals surface area (Å²) in [4.78, 5) is 23.7. The van der Waals surface area contributed by atoms with Crippen molar-refractivity contribution in [1.82, 2.24) is 14.9 Å². The zero-order chi connectivity index (χ0) is 17.8. The van der Waals surface area contributed by atoms with Crippen LogP contribution in [-0.4, -0.2) is 41.5 Å². The second-order valence-corrected chi connectivity index (χ2v) is 6.25. The van der Waals surface area contributed by atoms with Gasteiger partial charge in [-0.3, -0.25) is 4.79 Å². The van der Waals surface area contributed by atoms with Crippen molar-refractivity contribution in [1.29, 1.82) is 0 Å². The average Bonchev–Trinajstić information content (AvgIpc) is 3.11. The van der Waals surface area contributed by atoms with Gasteiger partial charge in [0.05, 0.1) is 25.3 Å². The highest BCUT2D eigenvalue weighted by Gasteiger charge is 2.31. The van der Waals surface area contributed by atoms with Gasteiger partial charge in [-0.25, -0.2) is 9.97 Å². The molecule has 0 spiro atoms. The summed E-state index contributed by atoms with van der Waals surface area (Å²) in [5.41, 5.74) is 1.91. The predicted molar refractivity (Wildman–Crippen MR) is 96.7 cm³/mol. The number of aromatic nitrogens is 2. The molecule has 1 fully saturated rings. The van der Waals surface area contributed by atoms with Crippen LogP contribution in [0.1, 0.15) is 36.0 Å². The lowest BCUT2D eigenvalue weighted by Gasteiger charge is -2.25. The van der Waals surface area contributed by atoms with Gasteiger partial charge in [-0.15, -0.1) is 0 Å². The summed E-state index contributed by atoms with van der Waals surface area (Å²) in [6.45, 7) is 2.65. The van der Waals surface area contributed by atoms with Gasteiger partial charge in [-0.1, -0.05) is 12.1 Å². The van der Waals surface area contributed by atoms with Crippen LogP contribution in [0, 0.1) is 6.92 Å². The number of anilines is 1. The van der Waals surface area contributed by atoms with Crippen molar-refractivity contribution in [2.24, 2.45) is 0 Å². The van der Waals surface area contributed by atoms with Gasteiger partial charge < -0.3 is 15.0 Å². The van der Waals surface area contributed by atoms with E-state index < -0.39 is 0 Å². The van der Waals surface area contributed by atoms with Crippen LogP contribution in [0.4, 0.5) is 5.82 Å². The standard InChI is InChI=1S/C19H24N4O2/c1-13-21-16(12-18(20-2)22-13)17-5-4-10-23(17)19(24)11-14-6-8-15(25-3)9-7-14/h6-9,12,17H,4-5,10-11H2,1-3H3,(H,20,21,22). The second-order valence-electron chi connectivity index (χ2n) is 6.25. The molecule has 1 N–H and O–H groups in total. The van der Waals surface area contributed by atoms with Gasteiger partial charge >= 0.3 is 0 Å². The maximum atomic E-state index is 12.8. The third kappa shape index (κ3) is 3.90. The van der Waals surface area contributed by atoms with Crippen LogP contribution in [0.15, 0.2) is 30.3 Å². The minimum absolute atomic E-state index is 0.0274. The number of carbonyl (C=O) groups is 1. The Morgan fingerprint density at radius 3 is 2.76 bits per heavy atom. The molecule has 1 unspecified atom stereocenters. The van der Waals surface area contributed by atoms with Crippen molar-refractivity contribution in [2.75, 3.05) is 26.0 Å². The Bertz CT molecular complexity index is 746. The van der Waals surface area contributed by atoms with Gasteiger partial charge in [0.1, 0.15) is 17.4 Å². The number of ether oxygens (including phenoxy) is 1. The lowest BCUT2D eigenvalue weighted by atomic mass is 10.1. The minimum atomic E-state index is 0.0274. The zero-order valence-corrected chi connectivity index (χ0v) is 15.0. The molecule has 1 aromatic carbocycles. The molecule has 25 heavy (non-hydrogen) atoms. The Morgan fingerprint density at radius 2 is 2.08 bits per heavy atom. The van der Waals surface area contributed by atoms with Gasteiger partial charge in [0.15, 0.2) is 0 Å². The molecule has 1 aliphatic rings. The minimum Gasteiger partial charge on any atom is -0.497 e. The molecule has 2 heterocycles. The van der Waals surface area contributed by atoms with E-state index in [2.05, 4.69) is 15.3 Å².